The maximum atomic E-state index is 12.0. The van der Waals surface area contributed by atoms with Gasteiger partial charge in [0.15, 0.2) is 0 Å². The van der Waals surface area contributed by atoms with Crippen molar-refractivity contribution in [2.24, 2.45) is 5.73 Å². The summed E-state index contributed by atoms with van der Waals surface area (Å²) in [5.74, 6) is -0.0215. The van der Waals surface area contributed by atoms with Crippen LogP contribution >= 0.6 is 12.4 Å². The van der Waals surface area contributed by atoms with Crippen LogP contribution in [0.3, 0.4) is 0 Å². The van der Waals surface area contributed by atoms with Crippen molar-refractivity contribution in [3.05, 3.63) is 54.4 Å². The maximum absolute atomic E-state index is 12.0. The van der Waals surface area contributed by atoms with E-state index < -0.39 is 6.04 Å². The first-order valence-corrected chi connectivity index (χ1v) is 7.15. The van der Waals surface area contributed by atoms with Gasteiger partial charge in [0.1, 0.15) is 0 Å². The fourth-order valence-corrected chi connectivity index (χ4v) is 2.25. The van der Waals surface area contributed by atoms with Gasteiger partial charge in [-0.2, -0.15) is 0 Å². The van der Waals surface area contributed by atoms with Crippen molar-refractivity contribution in [1.82, 2.24) is 9.88 Å². The zero-order valence-corrected chi connectivity index (χ0v) is 13.7. The van der Waals surface area contributed by atoms with E-state index in [9.17, 15) is 4.79 Å². The number of hydrogen-bond donors (Lipinski definition) is 1. The van der Waals surface area contributed by atoms with Crippen LogP contribution in [0.15, 0.2) is 48.8 Å². The minimum absolute atomic E-state index is 0. The minimum Gasteiger partial charge on any atom is -0.337 e. The molecule has 0 aliphatic heterocycles. The second-order valence-electron chi connectivity index (χ2n) is 5.08. The molecule has 2 rings (SSSR count). The van der Waals surface area contributed by atoms with Crippen LogP contribution in [-0.2, 0) is 11.3 Å². The molecule has 0 radical (unpaired) electrons. The number of nitrogens with two attached hydrogens (primary N) is 1. The molecular weight excluding hydrogens is 298 g/mol. The molecule has 0 fully saturated rings. The molecule has 118 valence electrons. The van der Waals surface area contributed by atoms with Gasteiger partial charge in [-0.25, -0.2) is 0 Å². The Balaban J connectivity index is 0.00000242. The fraction of sp³-hybridized carbons (Fsp3) is 0.294. The normalized spacial score (nSPS) is 11.4. The summed E-state index contributed by atoms with van der Waals surface area (Å²) < 4.78 is 0. The molecule has 4 nitrogen and oxygen atoms in total. The first-order chi connectivity index (χ1) is 10.1. The molecule has 0 aliphatic rings. The van der Waals surface area contributed by atoms with Crippen molar-refractivity contribution in [3.63, 3.8) is 0 Å². The van der Waals surface area contributed by atoms with Gasteiger partial charge < -0.3 is 10.6 Å². The van der Waals surface area contributed by atoms with Gasteiger partial charge in [0.05, 0.1) is 6.04 Å². The number of halogens is 1. The first-order valence-electron chi connectivity index (χ1n) is 7.15. The second-order valence-corrected chi connectivity index (χ2v) is 5.08. The number of likely N-dealkylation sites (N-methyl/N-ethyl adjacent to an activating group) is 1. The van der Waals surface area contributed by atoms with Gasteiger partial charge in [-0.3, -0.25) is 9.78 Å². The van der Waals surface area contributed by atoms with Gasteiger partial charge >= 0.3 is 0 Å². The minimum atomic E-state index is -0.465. The lowest BCUT2D eigenvalue weighted by atomic mass is 10.0. The third kappa shape index (κ3) is 4.55. The van der Waals surface area contributed by atoms with E-state index in [1.54, 1.807) is 24.2 Å². The molecule has 0 saturated heterocycles. The van der Waals surface area contributed by atoms with E-state index in [2.05, 4.69) is 17.1 Å². The highest BCUT2D eigenvalue weighted by molar-refractivity contribution is 5.85. The average Bonchev–Trinajstić information content (AvgIpc) is 2.53. The molecule has 22 heavy (non-hydrogen) atoms. The second kappa shape index (κ2) is 8.51. The van der Waals surface area contributed by atoms with Crippen molar-refractivity contribution in [3.8, 4) is 11.1 Å². The molecule has 0 saturated carbocycles. The first kappa shape index (κ1) is 18.1. The van der Waals surface area contributed by atoms with Gasteiger partial charge in [0.2, 0.25) is 5.91 Å². The van der Waals surface area contributed by atoms with E-state index in [1.807, 2.05) is 31.2 Å². The predicted octanol–water partition coefficient (Wildman–Crippen LogP) is 2.87. The van der Waals surface area contributed by atoms with Gasteiger partial charge in [-0.15, -0.1) is 12.4 Å². The molecule has 5 heteroatoms. The summed E-state index contributed by atoms with van der Waals surface area (Å²) in [5.41, 5.74) is 9.03. The van der Waals surface area contributed by atoms with Crippen molar-refractivity contribution >= 4 is 18.3 Å². The predicted molar refractivity (Wildman–Crippen MR) is 91.7 cm³/mol. The zero-order chi connectivity index (χ0) is 15.2. The monoisotopic (exact) mass is 319 g/mol. The van der Waals surface area contributed by atoms with E-state index in [4.69, 9.17) is 5.73 Å². The van der Waals surface area contributed by atoms with Crippen molar-refractivity contribution < 1.29 is 4.79 Å². The molecule has 1 amide bonds. The van der Waals surface area contributed by atoms with E-state index in [1.165, 1.54) is 0 Å². The van der Waals surface area contributed by atoms with Gasteiger partial charge in [0, 0.05) is 25.5 Å². The Hall–Kier alpha value is -1.91. The van der Waals surface area contributed by atoms with E-state index in [0.29, 0.717) is 13.1 Å². The zero-order valence-electron chi connectivity index (χ0n) is 12.9. The largest absolute Gasteiger partial charge is 0.337 e. The Bertz CT molecular complexity index is 602. The maximum Gasteiger partial charge on any atom is 0.239 e. The van der Waals surface area contributed by atoms with Crippen LogP contribution in [0, 0.1) is 0 Å². The molecule has 2 aromatic rings. The smallest absolute Gasteiger partial charge is 0.239 e. The van der Waals surface area contributed by atoms with Crippen LogP contribution in [0.5, 0.6) is 0 Å². The summed E-state index contributed by atoms with van der Waals surface area (Å²) in [4.78, 5) is 17.8. The summed E-state index contributed by atoms with van der Waals surface area (Å²) in [7, 11) is 0. The van der Waals surface area contributed by atoms with Crippen LogP contribution in [0.25, 0.3) is 11.1 Å². The van der Waals surface area contributed by atoms with Crippen molar-refractivity contribution in [2.45, 2.75) is 26.4 Å². The molecule has 1 aromatic carbocycles. The molecule has 2 N–H and O–H groups in total. The number of carbonyl (C=O) groups is 1. The Morgan fingerprint density at radius 3 is 2.50 bits per heavy atom. The summed E-state index contributed by atoms with van der Waals surface area (Å²) in [6.45, 7) is 4.92. The number of nitrogens with zero attached hydrogens (tertiary/aromatic N) is 2. The third-order valence-electron chi connectivity index (χ3n) is 3.40. The number of amides is 1. The average molecular weight is 320 g/mol. The number of aromatic nitrogens is 1. The summed E-state index contributed by atoms with van der Waals surface area (Å²) in [6.07, 6.45) is 3.56. The Morgan fingerprint density at radius 2 is 1.91 bits per heavy atom. The Labute approximate surface area is 137 Å². The van der Waals surface area contributed by atoms with Crippen LogP contribution < -0.4 is 5.73 Å². The molecule has 0 spiro atoms. The molecule has 0 unspecified atom stereocenters. The highest BCUT2D eigenvalue weighted by atomic mass is 35.5. The Kier molecular flexibility index (Phi) is 7.02. The van der Waals surface area contributed by atoms with E-state index in [0.717, 1.165) is 16.7 Å². The summed E-state index contributed by atoms with van der Waals surface area (Å²) >= 11 is 0. The van der Waals surface area contributed by atoms with Crippen molar-refractivity contribution in [1.29, 1.82) is 0 Å². The molecule has 1 aromatic heterocycles. The Morgan fingerprint density at radius 1 is 1.23 bits per heavy atom. The number of carbonyl (C=O) groups excluding carboxylic acids is 1. The van der Waals surface area contributed by atoms with Crippen LogP contribution in [0.2, 0.25) is 0 Å². The topological polar surface area (TPSA) is 59.2 Å². The SMILES string of the molecule is CCN(Cc1cccc(-c2ccncc2)c1)C(=O)[C@@H](C)N.Cl. The van der Waals surface area contributed by atoms with Crippen LogP contribution in [-0.4, -0.2) is 28.4 Å². The lowest BCUT2D eigenvalue weighted by Gasteiger charge is -2.23. The van der Waals surface area contributed by atoms with Crippen LogP contribution in [0.4, 0.5) is 0 Å². The third-order valence-corrected chi connectivity index (χ3v) is 3.40. The van der Waals surface area contributed by atoms with Gasteiger partial charge in [0.25, 0.3) is 0 Å². The van der Waals surface area contributed by atoms with E-state index >= 15 is 0 Å². The standard InChI is InChI=1S/C17H21N3O.ClH/c1-3-20(17(21)13(2)18)12-14-5-4-6-16(11-14)15-7-9-19-10-8-15;/h4-11,13H,3,12,18H2,1-2H3;1H/t13-;/m1./s1. The van der Waals surface area contributed by atoms with Gasteiger partial charge in [-0.05, 0) is 48.7 Å². The molecule has 1 heterocycles. The number of hydrogen-bond acceptors (Lipinski definition) is 3. The van der Waals surface area contributed by atoms with Crippen molar-refractivity contribution in [2.75, 3.05) is 6.54 Å². The molecule has 0 aliphatic carbocycles. The number of pyridine rings is 1. The lowest BCUT2D eigenvalue weighted by molar-refractivity contribution is -0.132. The fourth-order valence-electron chi connectivity index (χ4n) is 2.25. The number of rotatable bonds is 5. The molecule has 0 bridgehead atoms. The van der Waals surface area contributed by atoms with Crippen LogP contribution in [0.1, 0.15) is 19.4 Å². The number of benzene rings is 1. The highest BCUT2D eigenvalue weighted by Gasteiger charge is 2.16. The van der Waals surface area contributed by atoms with E-state index in [-0.39, 0.29) is 18.3 Å². The quantitative estimate of drug-likeness (QED) is 0.922. The molecular formula is C17H22ClN3O. The highest BCUT2D eigenvalue weighted by Crippen LogP contribution is 2.20. The summed E-state index contributed by atoms with van der Waals surface area (Å²) in [5, 5.41) is 0. The van der Waals surface area contributed by atoms with Gasteiger partial charge in [-0.1, -0.05) is 18.2 Å². The molecule has 1 atom stereocenters. The summed E-state index contributed by atoms with van der Waals surface area (Å²) in [6, 6.07) is 11.7. The lowest BCUT2D eigenvalue weighted by Crippen LogP contribution is -2.41.